The highest BCUT2D eigenvalue weighted by Crippen LogP contribution is 2.01. The van der Waals surface area contributed by atoms with Crippen molar-refractivity contribution < 1.29 is 4.57 Å². The van der Waals surface area contributed by atoms with Gasteiger partial charge in [-0.1, -0.05) is 0 Å². The lowest BCUT2D eigenvalue weighted by atomic mass is 10.4. The number of aromatic nitrogens is 4. The highest BCUT2D eigenvalue weighted by Gasteiger charge is 2.10. The molecule has 0 saturated heterocycles. The van der Waals surface area contributed by atoms with Crippen LogP contribution in [0.3, 0.4) is 0 Å². The SMILES string of the molecule is Cn1nnc2c1ccc[n+]2C. The molecule has 0 spiro atoms. The van der Waals surface area contributed by atoms with Crippen LogP contribution in [0.4, 0.5) is 0 Å². The molecule has 2 aromatic heterocycles. The summed E-state index contributed by atoms with van der Waals surface area (Å²) in [6.07, 6.45) is 1.96. The van der Waals surface area contributed by atoms with E-state index in [1.54, 1.807) is 4.68 Å². The van der Waals surface area contributed by atoms with E-state index in [-0.39, 0.29) is 0 Å². The van der Waals surface area contributed by atoms with Crippen molar-refractivity contribution in [3.63, 3.8) is 0 Å². The zero-order valence-electron chi connectivity index (χ0n) is 6.52. The Bertz CT molecular complexity index is 390. The number of pyridine rings is 1. The summed E-state index contributed by atoms with van der Waals surface area (Å²) in [5.41, 5.74) is 1.96. The Kier molecular flexibility index (Phi) is 1.15. The van der Waals surface area contributed by atoms with E-state index in [0.717, 1.165) is 11.2 Å². The summed E-state index contributed by atoms with van der Waals surface area (Å²) in [5, 5.41) is 7.90. The molecule has 2 rings (SSSR count). The normalized spacial score (nSPS) is 10.7. The first-order chi connectivity index (χ1) is 5.29. The standard InChI is InChI=1S/C7H9N4/c1-10-5-3-4-6-7(10)8-9-11(6)2/h3-5H,1-2H3/q+1. The molecule has 11 heavy (non-hydrogen) atoms. The van der Waals surface area contributed by atoms with Gasteiger partial charge in [-0.25, -0.2) is 9.25 Å². The second-order valence-electron chi connectivity index (χ2n) is 2.54. The largest absolute Gasteiger partial charge is 0.377 e. The zero-order chi connectivity index (χ0) is 7.84. The molecule has 0 bridgehead atoms. The monoisotopic (exact) mass is 149 g/mol. The van der Waals surface area contributed by atoms with Crippen LogP contribution in [-0.2, 0) is 14.1 Å². The van der Waals surface area contributed by atoms with Crippen molar-refractivity contribution in [1.82, 2.24) is 15.0 Å². The van der Waals surface area contributed by atoms with Gasteiger partial charge in [-0.15, -0.1) is 0 Å². The van der Waals surface area contributed by atoms with Crippen LogP contribution in [0.25, 0.3) is 11.2 Å². The molecule has 0 unspecified atom stereocenters. The molecule has 0 atom stereocenters. The molecule has 0 saturated carbocycles. The van der Waals surface area contributed by atoms with E-state index in [1.807, 2.05) is 37.0 Å². The van der Waals surface area contributed by atoms with Gasteiger partial charge in [0.2, 0.25) is 0 Å². The second-order valence-corrected chi connectivity index (χ2v) is 2.54. The van der Waals surface area contributed by atoms with Crippen LogP contribution in [0.5, 0.6) is 0 Å². The van der Waals surface area contributed by atoms with Gasteiger partial charge in [-0.05, 0) is 12.1 Å². The van der Waals surface area contributed by atoms with Gasteiger partial charge in [0.25, 0.3) is 0 Å². The Balaban J connectivity index is 2.94. The molecular weight excluding hydrogens is 140 g/mol. The van der Waals surface area contributed by atoms with Crippen LogP contribution in [0.2, 0.25) is 0 Å². The van der Waals surface area contributed by atoms with Crippen LogP contribution in [0.1, 0.15) is 0 Å². The first-order valence-corrected chi connectivity index (χ1v) is 3.43. The number of nitrogens with zero attached hydrogens (tertiary/aromatic N) is 4. The number of aryl methyl sites for hydroxylation is 2. The van der Waals surface area contributed by atoms with Crippen molar-refractivity contribution in [2.75, 3.05) is 0 Å². The molecule has 0 aliphatic rings. The number of fused-ring (bicyclic) bond motifs is 1. The fourth-order valence-electron chi connectivity index (χ4n) is 1.12. The van der Waals surface area contributed by atoms with Crippen molar-refractivity contribution in [3.05, 3.63) is 18.3 Å². The van der Waals surface area contributed by atoms with Crippen molar-refractivity contribution >= 4 is 11.2 Å². The maximum Gasteiger partial charge on any atom is 0.377 e. The molecule has 0 aliphatic carbocycles. The summed E-state index contributed by atoms with van der Waals surface area (Å²) >= 11 is 0. The van der Waals surface area contributed by atoms with Crippen molar-refractivity contribution in [2.45, 2.75) is 0 Å². The van der Waals surface area contributed by atoms with E-state index < -0.39 is 0 Å². The molecule has 0 aromatic carbocycles. The number of hydrogen-bond acceptors (Lipinski definition) is 2. The maximum atomic E-state index is 3.99. The van der Waals surface area contributed by atoms with Gasteiger partial charge < -0.3 is 0 Å². The van der Waals surface area contributed by atoms with Crippen molar-refractivity contribution in [3.8, 4) is 0 Å². The Labute approximate surface area is 64.1 Å². The Morgan fingerprint density at radius 3 is 3.09 bits per heavy atom. The first-order valence-electron chi connectivity index (χ1n) is 3.43. The minimum absolute atomic E-state index is 0.912. The number of rotatable bonds is 0. The van der Waals surface area contributed by atoms with Crippen LogP contribution < -0.4 is 4.57 Å². The fraction of sp³-hybridized carbons (Fsp3) is 0.286. The molecule has 0 radical (unpaired) electrons. The second kappa shape index (κ2) is 2.02. The molecule has 0 N–H and O–H groups in total. The Hall–Kier alpha value is -1.45. The molecule has 4 nitrogen and oxygen atoms in total. The van der Waals surface area contributed by atoms with E-state index >= 15 is 0 Å². The molecular formula is C7H9N4+. The van der Waals surface area contributed by atoms with E-state index in [2.05, 4.69) is 10.3 Å². The number of hydrogen-bond donors (Lipinski definition) is 0. The minimum atomic E-state index is 0.912. The molecule has 0 amide bonds. The van der Waals surface area contributed by atoms with Gasteiger partial charge in [0.1, 0.15) is 5.10 Å². The topological polar surface area (TPSA) is 34.6 Å². The summed E-state index contributed by atoms with van der Waals surface area (Å²) in [6, 6.07) is 3.97. The van der Waals surface area contributed by atoms with Crippen molar-refractivity contribution in [2.24, 2.45) is 14.1 Å². The molecule has 4 heteroatoms. The van der Waals surface area contributed by atoms with Crippen LogP contribution in [0.15, 0.2) is 18.3 Å². The lowest BCUT2D eigenvalue weighted by Gasteiger charge is -1.88. The van der Waals surface area contributed by atoms with E-state index in [0.29, 0.717) is 0 Å². The molecule has 0 fully saturated rings. The highest BCUT2D eigenvalue weighted by molar-refractivity contribution is 5.65. The van der Waals surface area contributed by atoms with Gasteiger partial charge in [0.15, 0.2) is 5.52 Å². The third kappa shape index (κ3) is 0.790. The summed E-state index contributed by atoms with van der Waals surface area (Å²) < 4.78 is 3.71. The highest BCUT2D eigenvalue weighted by atomic mass is 15.4. The van der Waals surface area contributed by atoms with Gasteiger partial charge in [0.05, 0.1) is 18.5 Å². The third-order valence-electron chi connectivity index (χ3n) is 1.75. The van der Waals surface area contributed by atoms with E-state index in [4.69, 9.17) is 0 Å². The maximum absolute atomic E-state index is 3.99. The quantitative estimate of drug-likeness (QED) is 0.486. The first kappa shape index (κ1) is 6.27. The lowest BCUT2D eigenvalue weighted by molar-refractivity contribution is -0.646. The lowest BCUT2D eigenvalue weighted by Crippen LogP contribution is -2.28. The molecule has 0 aliphatic heterocycles. The minimum Gasteiger partial charge on any atom is -0.230 e. The van der Waals surface area contributed by atoms with Gasteiger partial charge in [0, 0.05) is 7.05 Å². The predicted octanol–water partition coefficient (Wildman–Crippen LogP) is -0.207. The molecule has 56 valence electrons. The Morgan fingerprint density at radius 2 is 2.36 bits per heavy atom. The molecule has 2 heterocycles. The van der Waals surface area contributed by atoms with Gasteiger partial charge >= 0.3 is 5.65 Å². The van der Waals surface area contributed by atoms with Crippen LogP contribution in [-0.4, -0.2) is 15.0 Å². The summed E-state index contributed by atoms with van der Waals surface area (Å²) in [6.45, 7) is 0. The average molecular weight is 149 g/mol. The summed E-state index contributed by atoms with van der Waals surface area (Å²) in [4.78, 5) is 0. The smallest absolute Gasteiger partial charge is 0.230 e. The molecule has 2 aromatic rings. The average Bonchev–Trinajstić information content (AvgIpc) is 2.35. The Morgan fingerprint density at radius 1 is 1.55 bits per heavy atom. The zero-order valence-corrected chi connectivity index (χ0v) is 6.52. The fourth-order valence-corrected chi connectivity index (χ4v) is 1.12. The van der Waals surface area contributed by atoms with Gasteiger partial charge in [-0.2, -0.15) is 0 Å². The summed E-state index contributed by atoms with van der Waals surface area (Å²) in [5.74, 6) is 0. The van der Waals surface area contributed by atoms with Crippen LogP contribution in [0, 0.1) is 0 Å². The predicted molar refractivity (Wildman–Crippen MR) is 39.7 cm³/mol. The van der Waals surface area contributed by atoms with Crippen molar-refractivity contribution in [1.29, 1.82) is 0 Å². The van der Waals surface area contributed by atoms with E-state index in [1.165, 1.54) is 0 Å². The summed E-state index contributed by atoms with van der Waals surface area (Å²) in [7, 11) is 3.84. The third-order valence-corrected chi connectivity index (χ3v) is 1.75. The van der Waals surface area contributed by atoms with Crippen LogP contribution >= 0.6 is 0 Å². The van der Waals surface area contributed by atoms with E-state index in [9.17, 15) is 0 Å². The van der Waals surface area contributed by atoms with Gasteiger partial charge in [-0.3, -0.25) is 0 Å².